The van der Waals surface area contributed by atoms with Crippen molar-refractivity contribution in [1.82, 2.24) is 9.61 Å². The lowest BCUT2D eigenvalue weighted by Gasteiger charge is -2.26. The van der Waals surface area contributed by atoms with Crippen molar-refractivity contribution in [2.75, 3.05) is 4.90 Å². The van der Waals surface area contributed by atoms with Crippen molar-refractivity contribution in [2.24, 2.45) is 16.9 Å². The Morgan fingerprint density at radius 3 is 2.39 bits per heavy atom. The van der Waals surface area contributed by atoms with Crippen LogP contribution in [0.4, 0.5) is 20.2 Å². The highest BCUT2D eigenvalue weighted by atomic mass is 19.1. The number of nitrogens with two attached hydrogens (primary N) is 2. The van der Waals surface area contributed by atoms with E-state index < -0.39 is 28.9 Å². The van der Waals surface area contributed by atoms with Crippen LogP contribution in [0.5, 0.6) is 11.5 Å². The minimum atomic E-state index is -1.38. The molecule has 1 fully saturated rings. The van der Waals surface area contributed by atoms with Gasteiger partial charge >= 0.3 is 0 Å². The van der Waals surface area contributed by atoms with Crippen molar-refractivity contribution in [2.45, 2.75) is 19.4 Å². The lowest BCUT2D eigenvalue weighted by molar-refractivity contribution is -0.133. The number of nitrogens with zero attached hydrogens (tertiary/aromatic N) is 3. The first-order chi connectivity index (χ1) is 19.8. The fourth-order valence-electron chi connectivity index (χ4n) is 4.91. The standard InChI is InChI=1S/C31H25F2N5O3/c32-21-4-6-22(7-5-21)38(30(40)31(12-13-31)29(35)39)23-8-9-26(25(33)17-23)41-27-10-14-36-37-15-11-24(28(27)37)20-3-1-2-19(16-20)18-34/h1-11,14-17H,12-13,18,34H2,(H2,35,39). The average molecular weight is 554 g/mol. The van der Waals surface area contributed by atoms with Gasteiger partial charge in [0.15, 0.2) is 17.3 Å². The van der Waals surface area contributed by atoms with Crippen LogP contribution in [-0.4, -0.2) is 21.4 Å². The molecule has 1 aliphatic carbocycles. The number of aromatic nitrogens is 2. The molecule has 0 saturated heterocycles. The predicted octanol–water partition coefficient (Wildman–Crippen LogP) is 5.46. The summed E-state index contributed by atoms with van der Waals surface area (Å²) in [4.78, 5) is 26.9. The molecule has 41 heavy (non-hydrogen) atoms. The van der Waals surface area contributed by atoms with Crippen LogP contribution in [0.1, 0.15) is 18.4 Å². The zero-order chi connectivity index (χ0) is 28.7. The molecule has 0 atom stereocenters. The van der Waals surface area contributed by atoms with E-state index in [1.54, 1.807) is 23.0 Å². The van der Waals surface area contributed by atoms with E-state index in [2.05, 4.69) is 5.10 Å². The number of anilines is 2. The van der Waals surface area contributed by atoms with Crippen LogP contribution in [0.25, 0.3) is 16.6 Å². The third kappa shape index (κ3) is 4.68. The number of amides is 2. The Morgan fingerprint density at radius 1 is 0.951 bits per heavy atom. The SMILES string of the molecule is NCc1cccc(-c2ccn3nccc(Oc4ccc(N(C(=O)C5(C(N)=O)CC5)c5ccc(F)cc5)cc4F)c23)c1. The largest absolute Gasteiger partial charge is 0.452 e. The smallest absolute Gasteiger partial charge is 0.247 e. The number of carbonyl (C=O) groups is 2. The predicted molar refractivity (Wildman–Crippen MR) is 149 cm³/mol. The van der Waals surface area contributed by atoms with Crippen LogP contribution in [-0.2, 0) is 16.1 Å². The van der Waals surface area contributed by atoms with Crippen LogP contribution in [0.15, 0.2) is 91.3 Å². The van der Waals surface area contributed by atoms with Gasteiger partial charge in [-0.3, -0.25) is 14.5 Å². The molecule has 206 valence electrons. The van der Waals surface area contributed by atoms with E-state index in [-0.39, 0.29) is 30.0 Å². The van der Waals surface area contributed by atoms with Crippen molar-refractivity contribution in [1.29, 1.82) is 0 Å². The molecule has 0 radical (unpaired) electrons. The quantitative estimate of drug-likeness (QED) is 0.248. The molecule has 0 bridgehead atoms. The molecule has 5 aromatic rings. The normalized spacial score (nSPS) is 13.6. The number of rotatable bonds is 8. The van der Waals surface area contributed by atoms with Gasteiger partial charge in [-0.05, 0) is 72.5 Å². The summed E-state index contributed by atoms with van der Waals surface area (Å²) in [7, 11) is 0. The number of hydrogen-bond acceptors (Lipinski definition) is 5. The molecular formula is C31H25F2N5O3. The van der Waals surface area contributed by atoms with Crippen molar-refractivity contribution in [3.8, 4) is 22.6 Å². The van der Waals surface area contributed by atoms with Crippen molar-refractivity contribution >= 4 is 28.7 Å². The summed E-state index contributed by atoms with van der Waals surface area (Å²) in [6.45, 7) is 0.386. The van der Waals surface area contributed by atoms with Gasteiger partial charge in [0.2, 0.25) is 11.8 Å². The van der Waals surface area contributed by atoms with Crippen LogP contribution < -0.4 is 21.1 Å². The number of halogens is 2. The highest BCUT2D eigenvalue weighted by Crippen LogP contribution is 2.49. The fraction of sp³-hybridized carbons (Fsp3) is 0.129. The molecule has 3 aromatic carbocycles. The average Bonchev–Trinajstić information content (AvgIpc) is 3.69. The lowest BCUT2D eigenvalue weighted by Crippen LogP contribution is -2.41. The van der Waals surface area contributed by atoms with Gasteiger partial charge in [0.1, 0.15) is 16.7 Å². The van der Waals surface area contributed by atoms with Gasteiger partial charge < -0.3 is 16.2 Å². The molecule has 8 nitrogen and oxygen atoms in total. The van der Waals surface area contributed by atoms with Crippen molar-refractivity contribution in [3.63, 3.8) is 0 Å². The van der Waals surface area contributed by atoms with Crippen molar-refractivity contribution < 1.29 is 23.1 Å². The van der Waals surface area contributed by atoms with E-state index in [9.17, 15) is 14.0 Å². The Hall–Kier alpha value is -5.09. The van der Waals surface area contributed by atoms with Gasteiger partial charge in [0.25, 0.3) is 0 Å². The molecule has 0 aliphatic heterocycles. The molecular weight excluding hydrogens is 528 g/mol. The second-order valence-corrected chi connectivity index (χ2v) is 9.90. The van der Waals surface area contributed by atoms with Gasteiger partial charge in [-0.25, -0.2) is 13.3 Å². The molecule has 10 heteroatoms. The zero-order valence-corrected chi connectivity index (χ0v) is 21.8. The molecule has 0 unspecified atom stereocenters. The number of primary amides is 1. The Labute approximate surface area is 233 Å². The maximum atomic E-state index is 15.6. The van der Waals surface area contributed by atoms with Gasteiger partial charge in [-0.15, -0.1) is 0 Å². The summed E-state index contributed by atoms with van der Waals surface area (Å²) in [6, 6.07) is 20.4. The van der Waals surface area contributed by atoms with Gasteiger partial charge in [0, 0.05) is 36.1 Å². The summed E-state index contributed by atoms with van der Waals surface area (Å²) in [5.41, 5.74) is 13.7. The number of hydrogen-bond donors (Lipinski definition) is 2. The molecule has 1 saturated carbocycles. The number of benzene rings is 3. The first-order valence-corrected chi connectivity index (χ1v) is 12.9. The van der Waals surface area contributed by atoms with Crippen LogP contribution in [0.3, 0.4) is 0 Å². The highest BCUT2D eigenvalue weighted by molar-refractivity contribution is 6.16. The van der Waals surface area contributed by atoms with Gasteiger partial charge in [-0.2, -0.15) is 5.10 Å². The second-order valence-electron chi connectivity index (χ2n) is 9.90. The topological polar surface area (TPSA) is 116 Å². The van der Waals surface area contributed by atoms with Gasteiger partial charge in [-0.1, -0.05) is 18.2 Å². The summed E-state index contributed by atoms with van der Waals surface area (Å²) < 4.78 is 36.9. The Morgan fingerprint density at radius 2 is 1.71 bits per heavy atom. The van der Waals surface area contributed by atoms with E-state index in [1.165, 1.54) is 41.3 Å². The van der Waals surface area contributed by atoms with E-state index in [0.29, 0.717) is 17.8 Å². The molecule has 1 aliphatic rings. The number of fused-ring (bicyclic) bond motifs is 1. The second kappa shape index (κ2) is 10.1. The molecule has 2 heterocycles. The molecule has 6 rings (SSSR count). The number of carbonyl (C=O) groups excluding carboxylic acids is 2. The third-order valence-electron chi connectivity index (χ3n) is 7.30. The third-order valence-corrected chi connectivity index (χ3v) is 7.30. The van der Waals surface area contributed by atoms with E-state index in [4.69, 9.17) is 16.2 Å². The fourth-order valence-corrected chi connectivity index (χ4v) is 4.91. The summed E-state index contributed by atoms with van der Waals surface area (Å²) in [6.07, 6.45) is 3.90. The zero-order valence-electron chi connectivity index (χ0n) is 21.8. The minimum absolute atomic E-state index is 0.0905. The molecule has 0 spiro atoms. The molecule has 4 N–H and O–H groups in total. The lowest BCUT2D eigenvalue weighted by atomic mass is 10.0. The summed E-state index contributed by atoms with van der Waals surface area (Å²) >= 11 is 0. The Bertz CT molecular complexity index is 1800. The van der Waals surface area contributed by atoms with Crippen LogP contribution in [0.2, 0.25) is 0 Å². The summed E-state index contributed by atoms with van der Waals surface area (Å²) in [5, 5.41) is 4.34. The maximum Gasteiger partial charge on any atom is 0.247 e. The van der Waals surface area contributed by atoms with Crippen LogP contribution >= 0.6 is 0 Å². The van der Waals surface area contributed by atoms with Gasteiger partial charge in [0.05, 0.1) is 11.9 Å². The first kappa shape index (κ1) is 26.1. The Balaban J connectivity index is 1.38. The monoisotopic (exact) mass is 553 g/mol. The van der Waals surface area contributed by atoms with Crippen LogP contribution in [0, 0.1) is 17.0 Å². The van der Waals surface area contributed by atoms with Crippen molar-refractivity contribution in [3.05, 3.63) is 108 Å². The first-order valence-electron chi connectivity index (χ1n) is 12.9. The molecule has 2 amide bonds. The van der Waals surface area contributed by atoms with E-state index >= 15 is 4.39 Å². The highest BCUT2D eigenvalue weighted by Gasteiger charge is 2.57. The molecule has 2 aromatic heterocycles. The Kier molecular flexibility index (Phi) is 6.47. The number of ether oxygens (including phenoxy) is 1. The van der Waals surface area contributed by atoms with E-state index in [0.717, 1.165) is 22.8 Å². The minimum Gasteiger partial charge on any atom is -0.452 e. The maximum absolute atomic E-state index is 15.6. The summed E-state index contributed by atoms with van der Waals surface area (Å²) in [5.74, 6) is -2.33. The van der Waals surface area contributed by atoms with E-state index in [1.807, 2.05) is 30.3 Å².